The maximum atomic E-state index is 5.31. The number of benzene rings is 1. The third kappa shape index (κ3) is 2.89. The van der Waals surface area contributed by atoms with Gasteiger partial charge in [0.25, 0.3) is 0 Å². The predicted molar refractivity (Wildman–Crippen MR) is 72.4 cm³/mol. The van der Waals surface area contributed by atoms with Gasteiger partial charge in [0.05, 0.1) is 7.11 Å². The highest BCUT2D eigenvalue weighted by Crippen LogP contribution is 2.18. The minimum atomic E-state index is 0.625. The lowest BCUT2D eigenvalue weighted by atomic mass is 10.2. The summed E-state index contributed by atoms with van der Waals surface area (Å²) < 4.78 is 5.29. The first-order valence-electron chi connectivity index (χ1n) is 5.63. The van der Waals surface area contributed by atoms with Crippen molar-refractivity contribution in [1.82, 2.24) is 4.98 Å². The molecular weight excluding hydrogens is 228 g/mol. The van der Waals surface area contributed by atoms with Crippen molar-refractivity contribution < 1.29 is 4.74 Å². The van der Waals surface area contributed by atoms with Gasteiger partial charge in [-0.25, -0.2) is 10.8 Å². The Bertz CT molecular complexity index is 516. The van der Waals surface area contributed by atoms with E-state index >= 15 is 0 Å². The van der Waals surface area contributed by atoms with Crippen LogP contribution >= 0.6 is 0 Å². The summed E-state index contributed by atoms with van der Waals surface area (Å²) in [6.45, 7) is 0.644. The zero-order valence-electron chi connectivity index (χ0n) is 10.2. The number of nitrogens with zero attached hydrogens (tertiary/aromatic N) is 1. The number of hydrogen-bond acceptors (Lipinski definition) is 5. The van der Waals surface area contributed by atoms with E-state index in [0.29, 0.717) is 12.4 Å². The van der Waals surface area contributed by atoms with Gasteiger partial charge >= 0.3 is 0 Å². The third-order valence-electron chi connectivity index (χ3n) is 2.55. The minimum absolute atomic E-state index is 0.625. The van der Waals surface area contributed by atoms with Crippen LogP contribution in [0.2, 0.25) is 0 Å². The Balaban J connectivity index is 2.06. The van der Waals surface area contributed by atoms with Gasteiger partial charge in [0.2, 0.25) is 0 Å². The quantitative estimate of drug-likeness (QED) is 0.554. The molecular formula is C13H16N4O. The Hall–Kier alpha value is -2.27. The summed E-state index contributed by atoms with van der Waals surface area (Å²) in [4.78, 5) is 4.27. The van der Waals surface area contributed by atoms with E-state index in [9.17, 15) is 0 Å². The molecule has 0 atom stereocenters. The van der Waals surface area contributed by atoms with Crippen molar-refractivity contribution in [2.45, 2.75) is 6.54 Å². The van der Waals surface area contributed by atoms with Crippen LogP contribution in [0, 0.1) is 0 Å². The Kier molecular flexibility index (Phi) is 3.98. The normalized spacial score (nSPS) is 9.89. The standard InChI is InChI=1S/C13H16N4O/c1-18-11-6-3-2-5-10(11)9-15-12-7-4-8-13(16-12)17-14/h2-8H,9,14H2,1H3,(H2,15,16,17). The van der Waals surface area contributed by atoms with Crippen molar-refractivity contribution >= 4 is 11.6 Å². The lowest BCUT2D eigenvalue weighted by Crippen LogP contribution is -2.10. The number of para-hydroxylation sites is 1. The van der Waals surface area contributed by atoms with Crippen LogP contribution in [0.3, 0.4) is 0 Å². The van der Waals surface area contributed by atoms with Gasteiger partial charge in [0.15, 0.2) is 0 Å². The van der Waals surface area contributed by atoms with Crippen LogP contribution in [0.5, 0.6) is 5.75 Å². The number of nitrogens with two attached hydrogens (primary N) is 1. The first kappa shape index (κ1) is 12.2. The summed E-state index contributed by atoms with van der Waals surface area (Å²) in [6.07, 6.45) is 0. The molecule has 0 saturated heterocycles. The van der Waals surface area contributed by atoms with E-state index in [1.807, 2.05) is 36.4 Å². The molecule has 4 N–H and O–H groups in total. The number of hydrazine groups is 1. The van der Waals surface area contributed by atoms with E-state index in [-0.39, 0.29) is 0 Å². The zero-order valence-corrected chi connectivity index (χ0v) is 10.2. The lowest BCUT2D eigenvalue weighted by molar-refractivity contribution is 0.410. The summed E-state index contributed by atoms with van der Waals surface area (Å²) in [5, 5.41) is 3.22. The molecule has 0 saturated carbocycles. The van der Waals surface area contributed by atoms with Gasteiger partial charge in [-0.3, -0.25) is 0 Å². The maximum Gasteiger partial charge on any atom is 0.142 e. The first-order chi connectivity index (χ1) is 8.83. The largest absolute Gasteiger partial charge is 0.496 e. The van der Waals surface area contributed by atoms with E-state index < -0.39 is 0 Å². The van der Waals surface area contributed by atoms with Gasteiger partial charge in [-0.05, 0) is 18.2 Å². The number of pyridine rings is 1. The second-order valence-corrected chi connectivity index (χ2v) is 3.72. The lowest BCUT2D eigenvalue weighted by Gasteiger charge is -2.10. The molecule has 0 fully saturated rings. The summed E-state index contributed by atoms with van der Waals surface area (Å²) in [5.74, 6) is 7.56. The average Bonchev–Trinajstić information content (AvgIpc) is 2.45. The van der Waals surface area contributed by atoms with E-state index in [4.69, 9.17) is 10.6 Å². The Morgan fingerprint density at radius 1 is 1.11 bits per heavy atom. The molecule has 0 aliphatic rings. The average molecular weight is 244 g/mol. The third-order valence-corrected chi connectivity index (χ3v) is 2.55. The van der Waals surface area contributed by atoms with E-state index in [0.717, 1.165) is 17.1 Å². The molecule has 2 aromatic rings. The van der Waals surface area contributed by atoms with Crippen molar-refractivity contribution in [1.29, 1.82) is 0 Å². The Morgan fingerprint density at radius 3 is 2.67 bits per heavy atom. The van der Waals surface area contributed by atoms with Gasteiger partial charge in [-0.1, -0.05) is 24.3 Å². The van der Waals surface area contributed by atoms with Crippen molar-refractivity contribution in [3.8, 4) is 5.75 Å². The molecule has 94 valence electrons. The highest BCUT2D eigenvalue weighted by atomic mass is 16.5. The van der Waals surface area contributed by atoms with Crippen molar-refractivity contribution in [3.63, 3.8) is 0 Å². The Labute approximate surface area is 106 Å². The summed E-state index contributed by atoms with van der Waals surface area (Å²) in [5.41, 5.74) is 3.59. The van der Waals surface area contributed by atoms with Crippen molar-refractivity contribution in [3.05, 3.63) is 48.0 Å². The SMILES string of the molecule is COc1ccccc1CNc1cccc(NN)n1. The van der Waals surface area contributed by atoms with E-state index in [2.05, 4.69) is 15.7 Å². The van der Waals surface area contributed by atoms with Crippen LogP contribution in [-0.2, 0) is 6.54 Å². The predicted octanol–water partition coefficient (Wildman–Crippen LogP) is 1.99. The van der Waals surface area contributed by atoms with Gasteiger partial charge in [0.1, 0.15) is 17.4 Å². The van der Waals surface area contributed by atoms with E-state index in [1.165, 1.54) is 0 Å². The molecule has 0 spiro atoms. The van der Waals surface area contributed by atoms with E-state index in [1.54, 1.807) is 13.2 Å². The monoisotopic (exact) mass is 244 g/mol. The number of methoxy groups -OCH3 is 1. The number of aromatic nitrogens is 1. The fraction of sp³-hybridized carbons (Fsp3) is 0.154. The van der Waals surface area contributed by atoms with Crippen molar-refractivity contribution in [2.75, 3.05) is 17.9 Å². The molecule has 5 nitrogen and oxygen atoms in total. The van der Waals surface area contributed by atoms with Gasteiger partial charge in [-0.15, -0.1) is 0 Å². The number of nitrogen functional groups attached to an aromatic ring is 1. The molecule has 2 rings (SSSR count). The molecule has 0 radical (unpaired) electrons. The van der Waals surface area contributed by atoms with Crippen LogP contribution in [-0.4, -0.2) is 12.1 Å². The molecule has 0 aliphatic carbocycles. The van der Waals surface area contributed by atoms with Crippen LogP contribution in [0.25, 0.3) is 0 Å². The van der Waals surface area contributed by atoms with Gasteiger partial charge < -0.3 is 15.5 Å². The molecule has 5 heteroatoms. The smallest absolute Gasteiger partial charge is 0.142 e. The summed E-state index contributed by atoms with van der Waals surface area (Å²) in [7, 11) is 1.66. The number of rotatable bonds is 5. The van der Waals surface area contributed by atoms with Crippen LogP contribution in [0.15, 0.2) is 42.5 Å². The summed E-state index contributed by atoms with van der Waals surface area (Å²) in [6, 6.07) is 13.4. The second-order valence-electron chi connectivity index (χ2n) is 3.72. The first-order valence-corrected chi connectivity index (χ1v) is 5.63. The zero-order chi connectivity index (χ0) is 12.8. The molecule has 1 heterocycles. The molecule has 18 heavy (non-hydrogen) atoms. The second kappa shape index (κ2) is 5.88. The van der Waals surface area contributed by atoms with Crippen LogP contribution in [0.1, 0.15) is 5.56 Å². The topological polar surface area (TPSA) is 72.2 Å². The highest BCUT2D eigenvalue weighted by molar-refractivity contribution is 5.45. The number of anilines is 2. The van der Waals surface area contributed by atoms with Crippen molar-refractivity contribution in [2.24, 2.45) is 5.84 Å². The summed E-state index contributed by atoms with van der Waals surface area (Å²) >= 11 is 0. The number of nitrogens with one attached hydrogen (secondary N) is 2. The fourth-order valence-electron chi connectivity index (χ4n) is 1.65. The molecule has 0 amide bonds. The van der Waals surface area contributed by atoms with Crippen LogP contribution < -0.4 is 21.3 Å². The Morgan fingerprint density at radius 2 is 1.89 bits per heavy atom. The molecule has 0 aliphatic heterocycles. The molecule has 0 bridgehead atoms. The number of hydrogen-bond donors (Lipinski definition) is 3. The molecule has 1 aromatic heterocycles. The molecule has 1 aromatic carbocycles. The number of ether oxygens (including phenoxy) is 1. The molecule has 0 unspecified atom stereocenters. The highest BCUT2D eigenvalue weighted by Gasteiger charge is 2.02. The fourth-order valence-corrected chi connectivity index (χ4v) is 1.65. The van der Waals surface area contributed by atoms with Gasteiger partial charge in [-0.2, -0.15) is 0 Å². The van der Waals surface area contributed by atoms with Gasteiger partial charge in [0, 0.05) is 12.1 Å². The van der Waals surface area contributed by atoms with Crippen LogP contribution in [0.4, 0.5) is 11.6 Å². The minimum Gasteiger partial charge on any atom is -0.496 e. The maximum absolute atomic E-state index is 5.31.